The van der Waals surface area contributed by atoms with E-state index in [1.54, 1.807) is 0 Å². The van der Waals surface area contributed by atoms with Crippen molar-refractivity contribution in [2.75, 3.05) is 13.2 Å². The smallest absolute Gasteiger partial charge is 0.228 e. The second-order valence-electron chi connectivity index (χ2n) is 2.49. The summed E-state index contributed by atoms with van der Waals surface area (Å²) >= 11 is 0. The Bertz CT molecular complexity index is 125. The van der Waals surface area contributed by atoms with Crippen molar-refractivity contribution in [3.8, 4) is 0 Å². The van der Waals surface area contributed by atoms with Gasteiger partial charge in [0, 0.05) is 0 Å². The summed E-state index contributed by atoms with van der Waals surface area (Å²) in [7, 11) is 0. The Morgan fingerprint density at radius 3 is 2.00 bits per heavy atom. The molecule has 1 heterocycles. The average Bonchev–Trinajstić information content (AvgIpc) is 1.90. The predicted molar refractivity (Wildman–Crippen MR) is 44.1 cm³/mol. The van der Waals surface area contributed by atoms with Crippen LogP contribution in [0, 0.1) is 5.41 Å². The van der Waals surface area contributed by atoms with E-state index < -0.39 is 0 Å². The van der Waals surface area contributed by atoms with E-state index in [4.69, 9.17) is 10.5 Å². The van der Waals surface area contributed by atoms with Gasteiger partial charge in [0.1, 0.15) is 0 Å². The molecule has 0 aromatic rings. The summed E-state index contributed by atoms with van der Waals surface area (Å²) in [6.45, 7) is 6.98. The third kappa shape index (κ3) is 1.93. The largest absolute Gasteiger partial charge is 0.379 e. The van der Waals surface area contributed by atoms with Gasteiger partial charge < -0.3 is 10.5 Å². The second-order valence-corrected chi connectivity index (χ2v) is 2.49. The molecule has 0 aromatic carbocycles. The lowest BCUT2D eigenvalue weighted by molar-refractivity contribution is -0.158. The average molecular weight is 159 g/mol. The van der Waals surface area contributed by atoms with Crippen LogP contribution in [0.3, 0.4) is 0 Å². The molecule has 0 saturated carbocycles. The summed E-state index contributed by atoms with van der Waals surface area (Å²) in [5, 5.41) is 0. The maximum atomic E-state index is 10.7. The van der Waals surface area contributed by atoms with Crippen LogP contribution < -0.4 is 5.73 Å². The highest BCUT2D eigenvalue weighted by molar-refractivity contribution is 5.81. The van der Waals surface area contributed by atoms with Gasteiger partial charge in [-0.2, -0.15) is 0 Å². The number of ether oxygens (including phenoxy) is 1. The molecule has 2 N–H and O–H groups in total. The predicted octanol–water partition coefficient (Wildman–Crippen LogP) is 0.924. The number of hydrogen-bond acceptors (Lipinski definition) is 2. The van der Waals surface area contributed by atoms with Crippen LogP contribution in [-0.4, -0.2) is 19.1 Å². The molecule has 1 amide bonds. The van der Waals surface area contributed by atoms with Gasteiger partial charge in [0.05, 0.1) is 18.6 Å². The zero-order valence-corrected chi connectivity index (χ0v) is 7.52. The van der Waals surface area contributed by atoms with Crippen LogP contribution in [0.2, 0.25) is 0 Å². The van der Waals surface area contributed by atoms with Crippen molar-refractivity contribution in [1.29, 1.82) is 0 Å². The summed E-state index contributed by atoms with van der Waals surface area (Å²) in [4.78, 5) is 10.7. The Hall–Kier alpha value is -0.570. The molecule has 11 heavy (non-hydrogen) atoms. The Balaban J connectivity index is 0.000000461. The Labute approximate surface area is 67.9 Å². The molecule has 1 saturated heterocycles. The fourth-order valence-electron chi connectivity index (χ4n) is 0.869. The number of amides is 1. The van der Waals surface area contributed by atoms with Gasteiger partial charge in [-0.3, -0.25) is 4.79 Å². The van der Waals surface area contributed by atoms with Crippen LogP contribution in [0.1, 0.15) is 27.2 Å². The fourth-order valence-corrected chi connectivity index (χ4v) is 0.869. The quantitative estimate of drug-likeness (QED) is 0.651. The number of hydrogen-bond donors (Lipinski definition) is 1. The number of primary amides is 1. The first-order valence-electron chi connectivity index (χ1n) is 4.09. The maximum Gasteiger partial charge on any atom is 0.228 e. The lowest BCUT2D eigenvalue weighted by Crippen LogP contribution is -2.51. The van der Waals surface area contributed by atoms with Crippen molar-refractivity contribution in [2.24, 2.45) is 11.1 Å². The molecule has 0 radical (unpaired) electrons. The van der Waals surface area contributed by atoms with Crippen molar-refractivity contribution in [3.05, 3.63) is 0 Å². The highest BCUT2D eigenvalue weighted by atomic mass is 16.5. The van der Waals surface area contributed by atoms with Crippen LogP contribution in [0.5, 0.6) is 0 Å². The van der Waals surface area contributed by atoms with E-state index in [0.717, 1.165) is 6.42 Å². The molecule has 1 fully saturated rings. The molecule has 3 nitrogen and oxygen atoms in total. The molecule has 0 aromatic heterocycles. The SMILES string of the molecule is CC.CCC1(C(N)=O)COC1. The van der Waals surface area contributed by atoms with E-state index in [9.17, 15) is 4.79 Å². The first kappa shape index (κ1) is 10.4. The summed E-state index contributed by atoms with van der Waals surface area (Å²) in [5.74, 6) is -0.226. The molecule has 0 bridgehead atoms. The van der Waals surface area contributed by atoms with Gasteiger partial charge in [-0.25, -0.2) is 0 Å². The van der Waals surface area contributed by atoms with E-state index in [2.05, 4.69) is 0 Å². The normalized spacial score (nSPS) is 19.2. The van der Waals surface area contributed by atoms with Gasteiger partial charge in [0.2, 0.25) is 5.91 Å². The van der Waals surface area contributed by atoms with Crippen molar-refractivity contribution in [1.82, 2.24) is 0 Å². The Morgan fingerprint density at radius 1 is 1.55 bits per heavy atom. The Morgan fingerprint density at radius 2 is 2.00 bits per heavy atom. The minimum Gasteiger partial charge on any atom is -0.379 e. The third-order valence-electron chi connectivity index (χ3n) is 1.96. The van der Waals surface area contributed by atoms with Gasteiger partial charge in [0.15, 0.2) is 0 Å². The molecular weight excluding hydrogens is 142 g/mol. The van der Waals surface area contributed by atoms with Crippen molar-refractivity contribution in [2.45, 2.75) is 27.2 Å². The molecule has 0 aliphatic carbocycles. The molecule has 0 spiro atoms. The molecule has 3 heteroatoms. The molecule has 1 aliphatic heterocycles. The lowest BCUT2D eigenvalue weighted by Gasteiger charge is -2.37. The van der Waals surface area contributed by atoms with E-state index in [1.165, 1.54) is 0 Å². The van der Waals surface area contributed by atoms with Crippen LogP contribution in [0.4, 0.5) is 0 Å². The van der Waals surface area contributed by atoms with Gasteiger partial charge in [-0.1, -0.05) is 20.8 Å². The van der Waals surface area contributed by atoms with Crippen molar-refractivity contribution in [3.63, 3.8) is 0 Å². The number of rotatable bonds is 2. The minimum absolute atomic E-state index is 0.226. The van der Waals surface area contributed by atoms with Crippen LogP contribution in [0.15, 0.2) is 0 Å². The maximum absolute atomic E-state index is 10.7. The number of carbonyl (C=O) groups excluding carboxylic acids is 1. The van der Waals surface area contributed by atoms with Crippen LogP contribution in [-0.2, 0) is 9.53 Å². The molecule has 0 unspecified atom stereocenters. The van der Waals surface area contributed by atoms with Gasteiger partial charge >= 0.3 is 0 Å². The first-order chi connectivity index (χ1) is 5.21. The summed E-state index contributed by atoms with van der Waals surface area (Å²) in [5.41, 5.74) is 4.80. The number of nitrogens with two attached hydrogens (primary N) is 1. The fraction of sp³-hybridized carbons (Fsp3) is 0.875. The summed E-state index contributed by atoms with van der Waals surface area (Å²) in [6.07, 6.45) is 0.794. The van der Waals surface area contributed by atoms with E-state index in [0.29, 0.717) is 13.2 Å². The van der Waals surface area contributed by atoms with Crippen molar-refractivity contribution < 1.29 is 9.53 Å². The monoisotopic (exact) mass is 159 g/mol. The zero-order valence-electron chi connectivity index (χ0n) is 7.52. The van der Waals surface area contributed by atoms with Crippen molar-refractivity contribution >= 4 is 5.91 Å². The first-order valence-corrected chi connectivity index (χ1v) is 4.09. The molecule has 66 valence electrons. The zero-order chi connectivity index (χ0) is 8.91. The molecule has 1 rings (SSSR count). The number of carbonyl (C=O) groups is 1. The van der Waals surface area contributed by atoms with E-state index >= 15 is 0 Å². The second kappa shape index (κ2) is 4.34. The van der Waals surface area contributed by atoms with Crippen LogP contribution >= 0.6 is 0 Å². The van der Waals surface area contributed by atoms with Crippen LogP contribution in [0.25, 0.3) is 0 Å². The Kier molecular flexibility index (Phi) is 4.11. The lowest BCUT2D eigenvalue weighted by atomic mass is 9.83. The van der Waals surface area contributed by atoms with E-state index in [1.807, 2.05) is 20.8 Å². The summed E-state index contributed by atoms with van der Waals surface area (Å²) in [6, 6.07) is 0. The molecule has 1 aliphatic rings. The topological polar surface area (TPSA) is 52.3 Å². The van der Waals surface area contributed by atoms with Gasteiger partial charge in [-0.05, 0) is 6.42 Å². The molecule has 0 atom stereocenters. The highest BCUT2D eigenvalue weighted by Crippen LogP contribution is 2.30. The summed E-state index contributed by atoms with van der Waals surface area (Å²) < 4.78 is 4.89. The molecular formula is C8H17NO2. The van der Waals surface area contributed by atoms with Gasteiger partial charge in [0.25, 0.3) is 0 Å². The third-order valence-corrected chi connectivity index (χ3v) is 1.96. The van der Waals surface area contributed by atoms with Gasteiger partial charge in [-0.15, -0.1) is 0 Å². The van der Waals surface area contributed by atoms with E-state index in [-0.39, 0.29) is 11.3 Å². The highest BCUT2D eigenvalue weighted by Gasteiger charge is 2.42. The minimum atomic E-state index is -0.319. The standard InChI is InChI=1S/C6H11NO2.C2H6/c1-2-6(5(7)8)3-9-4-6;1-2/h2-4H2,1H3,(H2,7,8);1-2H3.